The Morgan fingerprint density at radius 2 is 1.95 bits per heavy atom. The van der Waals surface area contributed by atoms with Crippen LogP contribution in [-0.2, 0) is 14.8 Å². The van der Waals surface area contributed by atoms with Gasteiger partial charge >= 0.3 is 0 Å². The summed E-state index contributed by atoms with van der Waals surface area (Å²) in [5.41, 5.74) is 5.50. The molecule has 0 bridgehead atoms. The molecule has 0 aromatic heterocycles. The lowest BCUT2D eigenvalue weighted by atomic mass is 9.81. The molecule has 6 nitrogen and oxygen atoms in total. The second-order valence-corrected chi connectivity index (χ2v) is 7.62. The molecule has 110 valence electrons. The van der Waals surface area contributed by atoms with Gasteiger partial charge in [0.15, 0.2) is 0 Å². The summed E-state index contributed by atoms with van der Waals surface area (Å²) in [6.07, 6.45) is 6.43. The Hall–Kier alpha value is -0.660. The molecule has 1 saturated heterocycles. The first-order valence-electron chi connectivity index (χ1n) is 6.86. The van der Waals surface area contributed by atoms with Crippen LogP contribution < -0.4 is 10.5 Å². The standard InChI is InChI=1S/C12H23N3O3S/c1-19(17,18)14-10-5-8-15(9-10)11(16)12(13)6-3-2-4-7-12/h10,14H,2-9,13H2,1H3. The van der Waals surface area contributed by atoms with Gasteiger partial charge in [0.1, 0.15) is 0 Å². The highest BCUT2D eigenvalue weighted by Crippen LogP contribution is 2.28. The van der Waals surface area contributed by atoms with Crippen molar-refractivity contribution in [3.05, 3.63) is 0 Å². The van der Waals surface area contributed by atoms with E-state index in [0.717, 1.165) is 38.4 Å². The molecule has 0 aromatic rings. The zero-order valence-electron chi connectivity index (χ0n) is 11.4. The molecular formula is C12H23N3O3S. The zero-order chi connectivity index (χ0) is 14.1. The first-order valence-corrected chi connectivity index (χ1v) is 8.75. The van der Waals surface area contributed by atoms with E-state index in [0.29, 0.717) is 19.5 Å². The number of rotatable bonds is 3. The van der Waals surface area contributed by atoms with E-state index in [-0.39, 0.29) is 11.9 Å². The van der Waals surface area contributed by atoms with Crippen molar-refractivity contribution in [2.24, 2.45) is 5.73 Å². The van der Waals surface area contributed by atoms with Crippen LogP contribution >= 0.6 is 0 Å². The lowest BCUT2D eigenvalue weighted by Crippen LogP contribution is -2.56. The van der Waals surface area contributed by atoms with Gasteiger partial charge in [-0.2, -0.15) is 0 Å². The first kappa shape index (κ1) is 14.7. The maximum absolute atomic E-state index is 12.5. The molecule has 19 heavy (non-hydrogen) atoms. The highest BCUT2D eigenvalue weighted by molar-refractivity contribution is 7.88. The third-order valence-electron chi connectivity index (χ3n) is 4.03. The van der Waals surface area contributed by atoms with Crippen molar-refractivity contribution in [2.45, 2.75) is 50.1 Å². The Kier molecular flexibility index (Phi) is 4.17. The molecule has 2 fully saturated rings. The zero-order valence-corrected chi connectivity index (χ0v) is 12.2. The number of carbonyl (C=O) groups is 1. The summed E-state index contributed by atoms with van der Waals surface area (Å²) in [6.45, 7) is 1.02. The molecule has 1 unspecified atom stereocenters. The largest absolute Gasteiger partial charge is 0.339 e. The van der Waals surface area contributed by atoms with Crippen LogP contribution in [0.3, 0.4) is 0 Å². The van der Waals surface area contributed by atoms with Crippen LogP contribution in [0, 0.1) is 0 Å². The predicted molar refractivity (Wildman–Crippen MR) is 73.0 cm³/mol. The molecule has 1 atom stereocenters. The normalized spacial score (nSPS) is 27.5. The molecular weight excluding hydrogens is 266 g/mol. The number of nitrogens with two attached hydrogens (primary N) is 1. The van der Waals surface area contributed by atoms with Crippen LogP contribution in [-0.4, -0.2) is 50.2 Å². The summed E-state index contributed by atoms with van der Waals surface area (Å²) in [5.74, 6) is -0.00926. The summed E-state index contributed by atoms with van der Waals surface area (Å²) < 4.78 is 24.9. The smallest absolute Gasteiger partial charge is 0.242 e. The van der Waals surface area contributed by atoms with E-state index < -0.39 is 15.6 Å². The molecule has 1 amide bonds. The third-order valence-corrected chi connectivity index (χ3v) is 4.79. The maximum atomic E-state index is 12.5. The number of likely N-dealkylation sites (tertiary alicyclic amines) is 1. The van der Waals surface area contributed by atoms with Crippen molar-refractivity contribution in [1.82, 2.24) is 9.62 Å². The van der Waals surface area contributed by atoms with E-state index in [2.05, 4.69) is 4.72 Å². The monoisotopic (exact) mass is 289 g/mol. The lowest BCUT2D eigenvalue weighted by molar-refractivity contribution is -0.137. The highest BCUT2D eigenvalue weighted by Gasteiger charge is 2.40. The number of nitrogens with one attached hydrogen (secondary N) is 1. The van der Waals surface area contributed by atoms with E-state index in [1.165, 1.54) is 0 Å². The van der Waals surface area contributed by atoms with E-state index in [4.69, 9.17) is 5.73 Å². The molecule has 1 aliphatic heterocycles. The van der Waals surface area contributed by atoms with Crippen LogP contribution in [0.15, 0.2) is 0 Å². The summed E-state index contributed by atoms with van der Waals surface area (Å²) in [7, 11) is -3.22. The first-order chi connectivity index (χ1) is 8.80. The molecule has 3 N–H and O–H groups in total. The van der Waals surface area contributed by atoms with Crippen LogP contribution in [0.5, 0.6) is 0 Å². The summed E-state index contributed by atoms with van der Waals surface area (Å²) in [5, 5.41) is 0. The van der Waals surface area contributed by atoms with Crippen molar-refractivity contribution in [2.75, 3.05) is 19.3 Å². The van der Waals surface area contributed by atoms with Gasteiger partial charge in [-0.15, -0.1) is 0 Å². The fourth-order valence-corrected chi connectivity index (χ4v) is 3.85. The second kappa shape index (κ2) is 5.38. The molecule has 0 spiro atoms. The fourth-order valence-electron chi connectivity index (χ4n) is 3.06. The quantitative estimate of drug-likeness (QED) is 0.752. The lowest BCUT2D eigenvalue weighted by Gasteiger charge is -2.35. The Bertz CT molecular complexity index is 443. The summed E-state index contributed by atoms with van der Waals surface area (Å²) in [4.78, 5) is 14.2. The highest BCUT2D eigenvalue weighted by atomic mass is 32.2. The number of sulfonamides is 1. The Morgan fingerprint density at radius 1 is 1.32 bits per heavy atom. The molecule has 1 saturated carbocycles. The molecule has 2 aliphatic rings. The molecule has 2 rings (SSSR count). The average molecular weight is 289 g/mol. The minimum absolute atomic E-state index is 0.00926. The number of nitrogens with zero attached hydrogens (tertiary/aromatic N) is 1. The Balaban J connectivity index is 1.95. The van der Waals surface area contributed by atoms with E-state index in [9.17, 15) is 13.2 Å². The van der Waals surface area contributed by atoms with Crippen LogP contribution in [0.1, 0.15) is 38.5 Å². The fraction of sp³-hybridized carbons (Fsp3) is 0.917. The minimum Gasteiger partial charge on any atom is -0.339 e. The second-order valence-electron chi connectivity index (χ2n) is 5.84. The number of hydrogen-bond acceptors (Lipinski definition) is 4. The van der Waals surface area contributed by atoms with E-state index >= 15 is 0 Å². The van der Waals surface area contributed by atoms with Crippen molar-refractivity contribution in [1.29, 1.82) is 0 Å². The number of hydrogen-bond donors (Lipinski definition) is 2. The van der Waals surface area contributed by atoms with Crippen molar-refractivity contribution in [3.8, 4) is 0 Å². The van der Waals surface area contributed by atoms with Gasteiger partial charge in [0.2, 0.25) is 15.9 Å². The van der Waals surface area contributed by atoms with Crippen LogP contribution in [0.25, 0.3) is 0 Å². The Labute approximate surface area is 114 Å². The van der Waals surface area contributed by atoms with Gasteiger partial charge in [-0.25, -0.2) is 13.1 Å². The molecule has 7 heteroatoms. The van der Waals surface area contributed by atoms with E-state index in [1.54, 1.807) is 4.90 Å². The number of amides is 1. The van der Waals surface area contributed by atoms with Crippen molar-refractivity contribution >= 4 is 15.9 Å². The minimum atomic E-state index is -3.22. The molecule has 0 radical (unpaired) electrons. The number of carbonyl (C=O) groups excluding carboxylic acids is 1. The van der Waals surface area contributed by atoms with E-state index in [1.807, 2.05) is 0 Å². The van der Waals surface area contributed by atoms with Gasteiger partial charge in [-0.05, 0) is 19.3 Å². The maximum Gasteiger partial charge on any atom is 0.242 e. The average Bonchev–Trinajstić information content (AvgIpc) is 2.75. The van der Waals surface area contributed by atoms with Crippen LogP contribution in [0.4, 0.5) is 0 Å². The topological polar surface area (TPSA) is 92.5 Å². The van der Waals surface area contributed by atoms with Gasteiger partial charge in [-0.1, -0.05) is 19.3 Å². The summed E-state index contributed by atoms with van der Waals surface area (Å²) in [6, 6.07) is -0.175. The van der Waals surface area contributed by atoms with Gasteiger partial charge in [0.05, 0.1) is 11.8 Å². The van der Waals surface area contributed by atoms with Crippen molar-refractivity contribution < 1.29 is 13.2 Å². The predicted octanol–water partition coefficient (Wildman–Crippen LogP) is -0.202. The van der Waals surface area contributed by atoms with Gasteiger partial charge in [0, 0.05) is 19.1 Å². The SMILES string of the molecule is CS(=O)(=O)NC1CCN(C(=O)C2(N)CCCCC2)C1. The Morgan fingerprint density at radius 3 is 2.53 bits per heavy atom. The van der Waals surface area contributed by atoms with Gasteiger partial charge in [-0.3, -0.25) is 4.79 Å². The third kappa shape index (κ3) is 3.67. The summed E-state index contributed by atoms with van der Waals surface area (Å²) >= 11 is 0. The van der Waals surface area contributed by atoms with Gasteiger partial charge < -0.3 is 10.6 Å². The molecule has 1 heterocycles. The van der Waals surface area contributed by atoms with Crippen LogP contribution in [0.2, 0.25) is 0 Å². The molecule has 1 aliphatic carbocycles. The van der Waals surface area contributed by atoms with Gasteiger partial charge in [0.25, 0.3) is 0 Å². The van der Waals surface area contributed by atoms with Crippen molar-refractivity contribution in [3.63, 3.8) is 0 Å². The molecule has 0 aromatic carbocycles.